The highest BCUT2D eigenvalue weighted by Gasteiger charge is 2.46. The van der Waals surface area contributed by atoms with E-state index in [1.54, 1.807) is 24.0 Å². The number of carbonyl (C=O) groups is 2. The molecule has 2 atom stereocenters. The van der Waals surface area contributed by atoms with E-state index in [1.807, 2.05) is 26.0 Å². The van der Waals surface area contributed by atoms with Crippen LogP contribution < -0.4 is 5.32 Å². The van der Waals surface area contributed by atoms with Gasteiger partial charge in [0, 0.05) is 11.6 Å². The van der Waals surface area contributed by atoms with Crippen molar-refractivity contribution in [3.63, 3.8) is 0 Å². The molecule has 2 rings (SSSR count). The van der Waals surface area contributed by atoms with Crippen LogP contribution in [0, 0.1) is 0 Å². The molecule has 1 fully saturated rings. The number of hydrogen-bond donors (Lipinski definition) is 1. The van der Waals surface area contributed by atoms with E-state index in [4.69, 9.17) is 11.6 Å². The molecule has 1 saturated heterocycles. The van der Waals surface area contributed by atoms with Crippen LogP contribution in [0.5, 0.6) is 0 Å². The summed E-state index contributed by atoms with van der Waals surface area (Å²) < 4.78 is 0. The smallest absolute Gasteiger partial charge is 0.249 e. The molecule has 0 spiro atoms. The number of nitrogens with one attached hydrogen (secondary N) is 1. The van der Waals surface area contributed by atoms with Crippen molar-refractivity contribution in [3.05, 3.63) is 34.9 Å². The van der Waals surface area contributed by atoms with E-state index in [9.17, 15) is 9.59 Å². The van der Waals surface area contributed by atoms with E-state index in [1.165, 1.54) is 0 Å². The van der Waals surface area contributed by atoms with Gasteiger partial charge in [0.05, 0.1) is 0 Å². The van der Waals surface area contributed by atoms with Gasteiger partial charge in [-0.1, -0.05) is 37.6 Å². The van der Waals surface area contributed by atoms with Gasteiger partial charge < -0.3 is 10.2 Å². The van der Waals surface area contributed by atoms with E-state index in [0.717, 1.165) is 5.56 Å². The summed E-state index contributed by atoms with van der Waals surface area (Å²) in [5, 5.41) is 3.53. The van der Waals surface area contributed by atoms with Crippen LogP contribution >= 0.6 is 11.6 Å². The fourth-order valence-electron chi connectivity index (χ4n) is 2.62. The number of carbonyl (C=O) groups excluding carboxylic acids is 2. The lowest BCUT2D eigenvalue weighted by Gasteiger charge is -2.44. The summed E-state index contributed by atoms with van der Waals surface area (Å²) >= 11 is 5.89. The summed E-state index contributed by atoms with van der Waals surface area (Å²) in [5.41, 5.74) is 0.161. The Balaban J connectivity index is 2.29. The summed E-state index contributed by atoms with van der Waals surface area (Å²) in [6.07, 6.45) is 1.18. The van der Waals surface area contributed by atoms with Crippen molar-refractivity contribution in [2.45, 2.75) is 51.7 Å². The minimum Gasteiger partial charge on any atom is -0.340 e. The first-order valence-electron chi connectivity index (χ1n) is 7.28. The maximum atomic E-state index is 12.7. The number of nitrogens with zero attached hydrogens (tertiary/aromatic N) is 1. The van der Waals surface area contributed by atoms with Crippen molar-refractivity contribution in [1.82, 2.24) is 10.2 Å². The standard InChI is InChI=1S/C16H21ClN2O2/c1-4-13-14(20)18-16(3,5-2)15(21)19(13)10-11-6-8-12(17)9-7-11/h6-9,13H,4-5,10H2,1-3H3,(H,18,20). The van der Waals surface area contributed by atoms with Crippen LogP contribution in [0.1, 0.15) is 39.2 Å². The third kappa shape index (κ3) is 3.05. The zero-order valence-corrected chi connectivity index (χ0v) is 13.4. The molecule has 1 aromatic rings. The highest BCUT2D eigenvalue weighted by atomic mass is 35.5. The number of piperazine rings is 1. The van der Waals surface area contributed by atoms with Crippen LogP contribution in [0.4, 0.5) is 0 Å². The largest absolute Gasteiger partial charge is 0.340 e. The van der Waals surface area contributed by atoms with Gasteiger partial charge in [0.2, 0.25) is 11.8 Å². The van der Waals surface area contributed by atoms with Gasteiger partial charge in [0.25, 0.3) is 0 Å². The predicted molar refractivity (Wildman–Crippen MR) is 82.9 cm³/mol. The van der Waals surface area contributed by atoms with Crippen molar-refractivity contribution in [3.8, 4) is 0 Å². The van der Waals surface area contributed by atoms with Crippen LogP contribution in [0.25, 0.3) is 0 Å². The Labute approximate surface area is 130 Å². The summed E-state index contributed by atoms with van der Waals surface area (Å²) in [6, 6.07) is 6.96. The van der Waals surface area contributed by atoms with Gasteiger partial charge >= 0.3 is 0 Å². The molecule has 0 bridgehead atoms. The molecule has 4 nitrogen and oxygen atoms in total. The van der Waals surface area contributed by atoms with Crippen LogP contribution in [0.15, 0.2) is 24.3 Å². The van der Waals surface area contributed by atoms with Crippen molar-refractivity contribution < 1.29 is 9.59 Å². The second-order valence-electron chi connectivity index (χ2n) is 5.66. The highest BCUT2D eigenvalue weighted by molar-refractivity contribution is 6.30. The van der Waals surface area contributed by atoms with E-state index in [-0.39, 0.29) is 11.8 Å². The first-order chi connectivity index (χ1) is 9.91. The van der Waals surface area contributed by atoms with Crippen molar-refractivity contribution in [1.29, 1.82) is 0 Å². The third-order valence-electron chi connectivity index (χ3n) is 4.17. The van der Waals surface area contributed by atoms with E-state index in [2.05, 4.69) is 5.32 Å². The second-order valence-corrected chi connectivity index (χ2v) is 6.09. The van der Waals surface area contributed by atoms with Gasteiger partial charge in [-0.05, 0) is 37.5 Å². The van der Waals surface area contributed by atoms with Crippen molar-refractivity contribution in [2.75, 3.05) is 0 Å². The van der Waals surface area contributed by atoms with Crippen LogP contribution in [-0.4, -0.2) is 28.3 Å². The molecular weight excluding hydrogens is 288 g/mol. The molecule has 2 amide bonds. The Hall–Kier alpha value is -1.55. The van der Waals surface area contributed by atoms with E-state index >= 15 is 0 Å². The molecule has 1 heterocycles. The molecule has 21 heavy (non-hydrogen) atoms. The Morgan fingerprint density at radius 2 is 1.86 bits per heavy atom. The van der Waals surface area contributed by atoms with Gasteiger partial charge in [-0.15, -0.1) is 0 Å². The summed E-state index contributed by atoms with van der Waals surface area (Å²) in [5.74, 6) is -0.0955. The number of halogens is 1. The molecule has 1 N–H and O–H groups in total. The molecule has 114 valence electrons. The molecule has 1 aliphatic heterocycles. The number of rotatable bonds is 4. The molecule has 1 aliphatic rings. The Morgan fingerprint density at radius 3 is 2.38 bits per heavy atom. The summed E-state index contributed by atoms with van der Waals surface area (Å²) in [6.45, 7) is 6.04. The monoisotopic (exact) mass is 308 g/mol. The minimum absolute atomic E-state index is 0.0219. The number of benzene rings is 1. The Morgan fingerprint density at radius 1 is 1.24 bits per heavy atom. The second kappa shape index (κ2) is 6.06. The summed E-state index contributed by atoms with van der Waals surface area (Å²) in [4.78, 5) is 26.7. The maximum absolute atomic E-state index is 12.7. The summed E-state index contributed by atoms with van der Waals surface area (Å²) in [7, 11) is 0. The van der Waals surface area contributed by atoms with Gasteiger partial charge in [-0.3, -0.25) is 9.59 Å². The van der Waals surface area contributed by atoms with Crippen LogP contribution in [0.3, 0.4) is 0 Å². The predicted octanol–water partition coefficient (Wildman–Crippen LogP) is 2.75. The SMILES string of the molecule is CCC1C(=O)NC(C)(CC)C(=O)N1Cc1ccc(Cl)cc1. The molecule has 0 aromatic heterocycles. The van der Waals surface area contributed by atoms with Crippen molar-refractivity contribution >= 4 is 23.4 Å². The van der Waals surface area contributed by atoms with E-state index < -0.39 is 11.6 Å². The van der Waals surface area contributed by atoms with Gasteiger partial charge in [-0.2, -0.15) is 0 Å². The van der Waals surface area contributed by atoms with Crippen LogP contribution in [-0.2, 0) is 16.1 Å². The maximum Gasteiger partial charge on any atom is 0.249 e. The van der Waals surface area contributed by atoms with Gasteiger partial charge in [-0.25, -0.2) is 0 Å². The lowest BCUT2D eigenvalue weighted by atomic mass is 9.91. The molecule has 0 radical (unpaired) electrons. The topological polar surface area (TPSA) is 49.4 Å². The lowest BCUT2D eigenvalue weighted by molar-refractivity contribution is -0.155. The molecule has 0 saturated carbocycles. The van der Waals surface area contributed by atoms with Crippen molar-refractivity contribution in [2.24, 2.45) is 0 Å². The lowest BCUT2D eigenvalue weighted by Crippen LogP contribution is -2.68. The fourth-order valence-corrected chi connectivity index (χ4v) is 2.75. The van der Waals surface area contributed by atoms with E-state index in [0.29, 0.717) is 24.4 Å². The third-order valence-corrected chi connectivity index (χ3v) is 4.42. The average molecular weight is 309 g/mol. The minimum atomic E-state index is -0.810. The molecule has 5 heteroatoms. The number of amides is 2. The first kappa shape index (κ1) is 15.8. The molecule has 0 aliphatic carbocycles. The zero-order valence-electron chi connectivity index (χ0n) is 12.6. The van der Waals surface area contributed by atoms with Gasteiger partial charge in [0.1, 0.15) is 11.6 Å². The Bertz CT molecular complexity index is 544. The number of hydrogen-bond acceptors (Lipinski definition) is 2. The Kier molecular flexibility index (Phi) is 4.57. The highest BCUT2D eigenvalue weighted by Crippen LogP contribution is 2.25. The van der Waals surface area contributed by atoms with Crippen LogP contribution in [0.2, 0.25) is 5.02 Å². The fraction of sp³-hybridized carbons (Fsp3) is 0.500. The average Bonchev–Trinajstić information content (AvgIpc) is 2.47. The normalized spacial score (nSPS) is 25.9. The van der Waals surface area contributed by atoms with Gasteiger partial charge in [0.15, 0.2) is 0 Å². The molecule has 2 unspecified atom stereocenters. The first-order valence-corrected chi connectivity index (χ1v) is 7.66. The quantitative estimate of drug-likeness (QED) is 0.930. The molecular formula is C16H21ClN2O2. The zero-order chi connectivity index (χ0) is 15.6. The molecule has 1 aromatic carbocycles.